The van der Waals surface area contributed by atoms with Gasteiger partial charge in [0.2, 0.25) is 0 Å². The molecule has 0 bridgehead atoms. The maximum atomic E-state index is 13.6. The fraction of sp³-hybridized carbons (Fsp3) is 0.421. The SMILES string of the molecule is CN(C)CCNC(=O)c1cc(NC(=O)N[C@@]2(C=O)C=C[C@@H](Oc3ccc4nnc([C@]5(C)CCCN5C)n4c3)c3ccccc32)cc(C(C)(C)C)n1. The number of amides is 3. The highest BCUT2D eigenvalue weighted by Crippen LogP contribution is 2.39. The Morgan fingerprint density at radius 2 is 1.90 bits per heavy atom. The molecule has 1 aliphatic heterocycles. The first-order valence-electron chi connectivity index (χ1n) is 17.3. The van der Waals surface area contributed by atoms with Crippen LogP contribution in [0, 0.1) is 0 Å². The quantitative estimate of drug-likeness (QED) is 0.161. The molecule has 0 unspecified atom stereocenters. The number of rotatable bonds is 10. The van der Waals surface area contributed by atoms with Crippen molar-refractivity contribution >= 4 is 29.6 Å². The lowest BCUT2D eigenvalue weighted by molar-refractivity contribution is -0.111. The lowest BCUT2D eigenvalue weighted by Crippen LogP contribution is -2.49. The molecule has 6 rings (SSSR count). The lowest BCUT2D eigenvalue weighted by Gasteiger charge is -2.34. The zero-order valence-electron chi connectivity index (χ0n) is 30.4. The van der Waals surface area contributed by atoms with Crippen molar-refractivity contribution in [2.24, 2.45) is 0 Å². The van der Waals surface area contributed by atoms with Gasteiger partial charge in [0.05, 0.1) is 11.7 Å². The Kier molecular flexibility index (Phi) is 9.71. The van der Waals surface area contributed by atoms with Gasteiger partial charge in [-0.1, -0.05) is 45.0 Å². The number of carbonyl (C=O) groups excluding carboxylic acids is 3. The normalized spacial score (nSPS) is 21.8. The Hall–Kier alpha value is -5.14. The summed E-state index contributed by atoms with van der Waals surface area (Å²) < 4.78 is 8.51. The predicted octanol–water partition coefficient (Wildman–Crippen LogP) is 4.56. The molecule has 0 saturated carbocycles. The zero-order chi connectivity index (χ0) is 36.6. The van der Waals surface area contributed by atoms with E-state index in [2.05, 4.69) is 50.0 Å². The van der Waals surface area contributed by atoms with Crippen LogP contribution in [0.5, 0.6) is 5.75 Å². The molecular weight excluding hydrogens is 646 g/mol. The van der Waals surface area contributed by atoms with Crippen molar-refractivity contribution in [3.8, 4) is 5.75 Å². The van der Waals surface area contributed by atoms with E-state index in [1.807, 2.05) is 86.8 Å². The van der Waals surface area contributed by atoms with Gasteiger partial charge >= 0.3 is 6.03 Å². The molecule has 13 heteroatoms. The molecule has 268 valence electrons. The van der Waals surface area contributed by atoms with Crippen LogP contribution in [0.1, 0.15) is 79.8 Å². The van der Waals surface area contributed by atoms with E-state index in [1.165, 1.54) is 6.07 Å². The van der Waals surface area contributed by atoms with Gasteiger partial charge in [-0.2, -0.15) is 0 Å². The van der Waals surface area contributed by atoms with Crippen LogP contribution in [0.3, 0.4) is 0 Å². The third-order valence-corrected chi connectivity index (χ3v) is 9.80. The van der Waals surface area contributed by atoms with Crippen LogP contribution in [0.4, 0.5) is 10.5 Å². The van der Waals surface area contributed by atoms with E-state index < -0.39 is 23.1 Å². The third kappa shape index (κ3) is 7.22. The number of nitrogens with one attached hydrogen (secondary N) is 3. The summed E-state index contributed by atoms with van der Waals surface area (Å²) in [6, 6.07) is 13.8. The number of carbonyl (C=O) groups is 3. The molecule has 2 aliphatic rings. The molecule has 51 heavy (non-hydrogen) atoms. The number of likely N-dealkylation sites (tertiary alicyclic amines) is 1. The van der Waals surface area contributed by atoms with Crippen LogP contribution in [0.25, 0.3) is 5.65 Å². The first-order chi connectivity index (χ1) is 24.2. The van der Waals surface area contributed by atoms with Gasteiger partial charge in [0.15, 0.2) is 17.8 Å². The smallest absolute Gasteiger partial charge is 0.320 e. The number of hydrogen-bond acceptors (Lipinski definition) is 9. The van der Waals surface area contributed by atoms with Gasteiger partial charge in [-0.15, -0.1) is 10.2 Å². The first kappa shape index (κ1) is 35.7. The predicted molar refractivity (Wildman–Crippen MR) is 195 cm³/mol. The molecule has 1 aromatic carbocycles. The second-order valence-electron chi connectivity index (χ2n) is 14.9. The maximum Gasteiger partial charge on any atom is 0.320 e. The molecular formula is C38H47N9O4. The topological polar surface area (TPSA) is 146 Å². The van der Waals surface area contributed by atoms with Crippen LogP contribution in [0.2, 0.25) is 0 Å². The van der Waals surface area contributed by atoms with Gasteiger partial charge in [0.25, 0.3) is 5.91 Å². The van der Waals surface area contributed by atoms with Crippen molar-refractivity contribution in [1.29, 1.82) is 0 Å². The Balaban J connectivity index is 1.24. The Morgan fingerprint density at radius 1 is 1.12 bits per heavy atom. The van der Waals surface area contributed by atoms with Gasteiger partial charge in [-0.25, -0.2) is 9.78 Å². The van der Waals surface area contributed by atoms with Crippen LogP contribution < -0.4 is 20.7 Å². The second kappa shape index (κ2) is 13.9. The van der Waals surface area contributed by atoms with Crippen LogP contribution >= 0.6 is 0 Å². The molecule has 3 atom stereocenters. The van der Waals surface area contributed by atoms with Crippen molar-refractivity contribution < 1.29 is 19.1 Å². The summed E-state index contributed by atoms with van der Waals surface area (Å²) in [4.78, 5) is 48.4. The van der Waals surface area contributed by atoms with E-state index in [-0.39, 0.29) is 17.1 Å². The average Bonchev–Trinajstić information content (AvgIpc) is 3.67. The molecule has 4 aromatic rings. The van der Waals surface area contributed by atoms with Gasteiger partial charge in [0, 0.05) is 35.4 Å². The van der Waals surface area contributed by atoms with Crippen molar-refractivity contribution in [2.45, 2.75) is 63.1 Å². The number of ether oxygens (including phenoxy) is 1. The number of urea groups is 1. The fourth-order valence-corrected chi connectivity index (χ4v) is 6.67. The molecule has 1 aliphatic carbocycles. The van der Waals surface area contributed by atoms with Gasteiger partial charge in [-0.3, -0.25) is 18.9 Å². The van der Waals surface area contributed by atoms with Crippen LogP contribution in [-0.2, 0) is 21.3 Å². The fourth-order valence-electron chi connectivity index (χ4n) is 6.67. The van der Waals surface area contributed by atoms with E-state index in [1.54, 1.807) is 18.2 Å². The van der Waals surface area contributed by atoms with Crippen molar-refractivity contribution in [1.82, 2.24) is 40.0 Å². The first-order valence-corrected chi connectivity index (χ1v) is 17.3. The molecule has 1 fully saturated rings. The number of benzene rings is 1. The Labute approximate surface area is 298 Å². The van der Waals surface area contributed by atoms with Crippen molar-refractivity contribution in [3.63, 3.8) is 0 Å². The highest BCUT2D eigenvalue weighted by Gasteiger charge is 2.41. The highest BCUT2D eigenvalue weighted by molar-refractivity contribution is 5.96. The number of fused-ring (bicyclic) bond motifs is 2. The molecule has 0 radical (unpaired) electrons. The summed E-state index contributed by atoms with van der Waals surface area (Å²) in [5, 5.41) is 17.6. The van der Waals surface area contributed by atoms with E-state index in [9.17, 15) is 14.4 Å². The summed E-state index contributed by atoms with van der Waals surface area (Å²) >= 11 is 0. The molecule has 1 saturated heterocycles. The van der Waals surface area contributed by atoms with Gasteiger partial charge in [-0.05, 0) is 89.4 Å². The number of aldehydes is 1. The maximum absolute atomic E-state index is 13.6. The minimum Gasteiger partial charge on any atom is -0.480 e. The molecule has 3 N–H and O–H groups in total. The number of anilines is 1. The summed E-state index contributed by atoms with van der Waals surface area (Å²) in [6.45, 7) is 10.2. The highest BCUT2D eigenvalue weighted by atomic mass is 16.5. The number of likely N-dealkylation sites (N-methyl/N-ethyl adjacent to an activating group) is 1. The molecule has 3 amide bonds. The lowest BCUT2D eigenvalue weighted by atomic mass is 9.81. The standard InChI is InChI=1S/C38H47N9O4/c1-36(2,3)31-22-25(21-29(41-31)33(49)39-18-20-45(5)6)40-35(50)42-38(24-48)17-15-30(27-11-8-9-12-28(27)38)51-26-13-14-32-43-44-34(47(32)23-26)37(4)16-10-19-46(37)7/h8-9,11-15,17,21-24,30H,10,16,18-20H2,1-7H3,(H,39,49)(H2,40,41,42,50)/t30-,37+,38-/m1/s1. The largest absolute Gasteiger partial charge is 0.480 e. The third-order valence-electron chi connectivity index (χ3n) is 9.80. The van der Waals surface area contributed by atoms with E-state index in [4.69, 9.17) is 4.74 Å². The summed E-state index contributed by atoms with van der Waals surface area (Å²) in [5.41, 5.74) is 1.13. The van der Waals surface area contributed by atoms with Crippen molar-refractivity contribution in [3.05, 3.63) is 95.2 Å². The minimum absolute atomic E-state index is 0.186. The zero-order valence-corrected chi connectivity index (χ0v) is 30.4. The molecule has 4 heterocycles. The van der Waals surface area contributed by atoms with Crippen LogP contribution in [-0.4, -0.2) is 88.4 Å². The van der Waals surface area contributed by atoms with Crippen molar-refractivity contribution in [2.75, 3.05) is 46.1 Å². The Bertz CT molecular complexity index is 1980. The van der Waals surface area contributed by atoms with E-state index in [0.29, 0.717) is 42.1 Å². The second-order valence-corrected chi connectivity index (χ2v) is 14.9. The number of aromatic nitrogens is 4. The summed E-state index contributed by atoms with van der Waals surface area (Å²) in [6.07, 6.45) is 7.58. The van der Waals surface area contributed by atoms with Gasteiger partial charge in [0.1, 0.15) is 23.1 Å². The number of nitrogens with zero attached hydrogens (tertiary/aromatic N) is 6. The van der Waals surface area contributed by atoms with Gasteiger partial charge < -0.3 is 25.6 Å². The van der Waals surface area contributed by atoms with Crippen LogP contribution in [0.15, 0.2) is 66.9 Å². The summed E-state index contributed by atoms with van der Waals surface area (Å²) in [7, 11) is 5.96. The number of hydrogen-bond donors (Lipinski definition) is 3. The average molecular weight is 694 g/mol. The monoisotopic (exact) mass is 693 g/mol. The van der Waals surface area contributed by atoms with E-state index >= 15 is 0 Å². The number of pyridine rings is 2. The molecule has 3 aromatic heterocycles. The minimum atomic E-state index is -1.47. The summed E-state index contributed by atoms with van der Waals surface area (Å²) in [5.74, 6) is 1.12. The Morgan fingerprint density at radius 3 is 2.61 bits per heavy atom. The molecule has 0 spiro atoms. The van der Waals surface area contributed by atoms with E-state index in [0.717, 1.165) is 36.4 Å². The molecule has 13 nitrogen and oxygen atoms in total.